The van der Waals surface area contributed by atoms with Gasteiger partial charge < -0.3 is 14.6 Å². The molecular weight excluding hydrogens is 355 g/mol. The fraction of sp³-hybridized carbons (Fsp3) is 0.533. The first kappa shape index (κ1) is 18.4. The van der Waals surface area contributed by atoms with Crippen molar-refractivity contribution in [2.75, 3.05) is 18.5 Å². The summed E-state index contributed by atoms with van der Waals surface area (Å²) in [6.07, 6.45) is -1.50. The summed E-state index contributed by atoms with van der Waals surface area (Å²) in [5, 5.41) is 9.44. The van der Waals surface area contributed by atoms with Gasteiger partial charge in [0.2, 0.25) is 0 Å². The third-order valence-corrected chi connectivity index (χ3v) is 3.92. The van der Waals surface area contributed by atoms with E-state index in [1.54, 1.807) is 13.0 Å². The van der Waals surface area contributed by atoms with Gasteiger partial charge in [0, 0.05) is 25.4 Å². The van der Waals surface area contributed by atoms with Crippen LogP contribution in [0, 0.1) is 6.92 Å². The van der Waals surface area contributed by atoms with Gasteiger partial charge in [0.1, 0.15) is 11.5 Å². The highest BCUT2D eigenvalue weighted by Gasteiger charge is 2.28. The molecule has 3 rings (SSSR count). The molecule has 8 nitrogen and oxygen atoms in total. The number of rotatable bonds is 6. The first-order valence-corrected chi connectivity index (χ1v) is 8.04. The Bertz CT molecular complexity index is 765. The van der Waals surface area contributed by atoms with Crippen molar-refractivity contribution in [3.63, 3.8) is 0 Å². The Morgan fingerprint density at radius 1 is 1.54 bits per heavy atom. The summed E-state index contributed by atoms with van der Waals surface area (Å²) in [5.74, 6) is 0.227. The first-order valence-electron chi connectivity index (χ1n) is 8.04. The van der Waals surface area contributed by atoms with E-state index in [-0.39, 0.29) is 18.3 Å². The first-order chi connectivity index (χ1) is 12.3. The second kappa shape index (κ2) is 7.46. The number of aromatic amines is 1. The number of nitrogens with zero attached hydrogens (tertiary/aromatic N) is 3. The van der Waals surface area contributed by atoms with E-state index < -0.39 is 18.9 Å². The van der Waals surface area contributed by atoms with Gasteiger partial charge in [-0.2, -0.15) is 5.10 Å². The van der Waals surface area contributed by atoms with Crippen molar-refractivity contribution in [2.24, 2.45) is 0 Å². The van der Waals surface area contributed by atoms with Crippen molar-refractivity contribution in [2.45, 2.75) is 38.8 Å². The second-order valence-electron chi connectivity index (χ2n) is 5.83. The molecule has 1 aliphatic heterocycles. The lowest BCUT2D eigenvalue weighted by atomic mass is 10.2. The lowest BCUT2D eigenvalue weighted by molar-refractivity contribution is -0.325. The maximum Gasteiger partial charge on any atom is 0.522 e. The molecule has 0 unspecified atom stereocenters. The molecule has 2 aromatic rings. The van der Waals surface area contributed by atoms with Gasteiger partial charge in [-0.1, -0.05) is 0 Å². The summed E-state index contributed by atoms with van der Waals surface area (Å²) in [6.45, 7) is 1.65. The maximum atomic E-state index is 12.3. The molecule has 0 aromatic carbocycles. The van der Waals surface area contributed by atoms with Crippen LogP contribution in [-0.2, 0) is 16.0 Å². The lowest BCUT2D eigenvalue weighted by Gasteiger charge is -2.08. The van der Waals surface area contributed by atoms with Gasteiger partial charge in [-0.15, -0.1) is 13.2 Å². The number of hydrogen-bond donors (Lipinski definition) is 2. The van der Waals surface area contributed by atoms with E-state index in [1.807, 2.05) is 0 Å². The topological polar surface area (TPSA) is 94.1 Å². The van der Waals surface area contributed by atoms with Crippen LogP contribution in [0.3, 0.4) is 0 Å². The van der Waals surface area contributed by atoms with Gasteiger partial charge in [0.05, 0.1) is 18.4 Å². The third kappa shape index (κ3) is 4.61. The van der Waals surface area contributed by atoms with Crippen molar-refractivity contribution in [1.29, 1.82) is 0 Å². The molecular formula is C15H18F3N5O3. The van der Waals surface area contributed by atoms with E-state index in [2.05, 4.69) is 25.2 Å². The normalized spacial score (nSPS) is 17.6. The van der Waals surface area contributed by atoms with Gasteiger partial charge in [-0.05, 0) is 19.8 Å². The third-order valence-electron chi connectivity index (χ3n) is 3.92. The molecule has 3 heterocycles. The van der Waals surface area contributed by atoms with E-state index in [0.717, 1.165) is 18.5 Å². The van der Waals surface area contributed by atoms with E-state index in [1.165, 1.54) is 10.8 Å². The summed E-state index contributed by atoms with van der Waals surface area (Å²) in [4.78, 5) is 16.3. The Labute approximate surface area is 146 Å². The number of H-pyrrole nitrogens is 1. The fourth-order valence-electron chi connectivity index (χ4n) is 2.67. The van der Waals surface area contributed by atoms with Gasteiger partial charge in [-0.25, -0.2) is 4.98 Å². The van der Waals surface area contributed by atoms with E-state index in [4.69, 9.17) is 4.74 Å². The molecule has 1 saturated heterocycles. The number of aryl methyl sites for hydroxylation is 1. The van der Waals surface area contributed by atoms with E-state index in [0.29, 0.717) is 18.2 Å². The number of anilines is 1. The van der Waals surface area contributed by atoms with Crippen LogP contribution < -0.4 is 5.32 Å². The monoisotopic (exact) mass is 373 g/mol. The molecule has 1 amide bonds. The van der Waals surface area contributed by atoms with Crippen LogP contribution in [0.15, 0.2) is 12.3 Å². The van der Waals surface area contributed by atoms with E-state index >= 15 is 0 Å². The minimum atomic E-state index is -4.69. The summed E-state index contributed by atoms with van der Waals surface area (Å²) in [6, 6.07) is 1.69. The zero-order valence-corrected chi connectivity index (χ0v) is 14.0. The van der Waals surface area contributed by atoms with Gasteiger partial charge >= 0.3 is 6.36 Å². The van der Waals surface area contributed by atoms with Crippen molar-refractivity contribution in [1.82, 2.24) is 19.7 Å². The number of aromatic nitrogens is 4. The number of nitrogens with one attached hydrogen (secondary N) is 2. The Morgan fingerprint density at radius 3 is 3.04 bits per heavy atom. The number of alkyl halides is 3. The maximum absolute atomic E-state index is 12.3. The number of carbonyl (C=O) groups excluding carboxylic acids is 1. The molecule has 142 valence electrons. The molecule has 1 fully saturated rings. The molecule has 0 aliphatic carbocycles. The average Bonchev–Trinajstić information content (AvgIpc) is 3.27. The predicted molar refractivity (Wildman–Crippen MR) is 83.4 cm³/mol. The number of hydrogen-bond acceptors (Lipinski definition) is 5. The highest BCUT2D eigenvalue weighted by Crippen LogP contribution is 2.28. The van der Waals surface area contributed by atoms with Gasteiger partial charge in [-0.3, -0.25) is 14.6 Å². The van der Waals surface area contributed by atoms with Gasteiger partial charge in [0.15, 0.2) is 5.82 Å². The molecule has 2 aromatic heterocycles. The molecule has 1 aliphatic rings. The molecule has 0 spiro atoms. The van der Waals surface area contributed by atoms with Crippen LogP contribution in [0.1, 0.15) is 41.0 Å². The summed E-state index contributed by atoms with van der Waals surface area (Å²) in [7, 11) is 0. The number of ether oxygens (including phenoxy) is 2. The zero-order chi connectivity index (χ0) is 18.7. The largest absolute Gasteiger partial charge is 0.522 e. The van der Waals surface area contributed by atoms with Crippen molar-refractivity contribution >= 4 is 11.7 Å². The predicted octanol–water partition coefficient (Wildman–Crippen LogP) is 2.55. The molecule has 2 N–H and O–H groups in total. The molecule has 11 heteroatoms. The molecule has 0 bridgehead atoms. The number of halogens is 3. The smallest absolute Gasteiger partial charge is 0.372 e. The summed E-state index contributed by atoms with van der Waals surface area (Å²) >= 11 is 0. The van der Waals surface area contributed by atoms with Crippen molar-refractivity contribution in [3.8, 4) is 0 Å². The van der Waals surface area contributed by atoms with Crippen molar-refractivity contribution in [3.05, 3.63) is 29.5 Å². The Morgan fingerprint density at radius 2 is 2.35 bits per heavy atom. The highest BCUT2D eigenvalue weighted by atomic mass is 19.4. The minimum absolute atomic E-state index is 0.0526. The summed E-state index contributed by atoms with van der Waals surface area (Å²) < 4.78 is 46.7. The van der Waals surface area contributed by atoms with Crippen LogP contribution >= 0.6 is 0 Å². The number of carbonyl (C=O) groups is 1. The highest BCUT2D eigenvalue weighted by molar-refractivity contribution is 6.02. The van der Waals surface area contributed by atoms with Crippen LogP contribution in [0.4, 0.5) is 19.0 Å². The molecule has 1 atom stereocenters. The average molecular weight is 373 g/mol. The SMILES string of the molecule is Cc1nc(C(=O)Nc2cc([C@@H]3CCCO3)[nH]n2)cn1CCOC(F)(F)F. The van der Waals surface area contributed by atoms with Crippen LogP contribution in [0.25, 0.3) is 0 Å². The standard InChI is InChI=1S/C15H18F3N5O3/c1-9-19-11(8-23(9)4-6-26-15(16,17)18)14(24)20-13-7-10(21-22-13)12-3-2-5-25-12/h7-8,12H,2-6H2,1H3,(H2,20,21,22,24)/t12-/m0/s1. The van der Waals surface area contributed by atoms with Crippen LogP contribution in [-0.4, -0.2) is 45.2 Å². The van der Waals surface area contributed by atoms with Crippen LogP contribution in [0.5, 0.6) is 0 Å². The second-order valence-corrected chi connectivity index (χ2v) is 5.83. The van der Waals surface area contributed by atoms with Crippen molar-refractivity contribution < 1.29 is 27.4 Å². The van der Waals surface area contributed by atoms with Gasteiger partial charge in [0.25, 0.3) is 5.91 Å². The molecule has 0 saturated carbocycles. The molecule has 26 heavy (non-hydrogen) atoms. The lowest BCUT2D eigenvalue weighted by Crippen LogP contribution is -2.17. The molecule has 0 radical (unpaired) electrons. The summed E-state index contributed by atoms with van der Waals surface area (Å²) in [5.41, 5.74) is 0.861. The Kier molecular flexibility index (Phi) is 5.28. The fourth-order valence-corrected chi connectivity index (χ4v) is 2.67. The number of imidazole rings is 1. The number of amides is 1. The minimum Gasteiger partial charge on any atom is -0.372 e. The van der Waals surface area contributed by atoms with E-state index in [9.17, 15) is 18.0 Å². The Balaban J connectivity index is 1.58. The quantitative estimate of drug-likeness (QED) is 0.812. The van der Waals surface area contributed by atoms with Crippen LogP contribution in [0.2, 0.25) is 0 Å². The zero-order valence-electron chi connectivity index (χ0n) is 14.0. The Hall–Kier alpha value is -2.40.